The Hall–Kier alpha value is -2.94. The van der Waals surface area contributed by atoms with E-state index in [9.17, 15) is 14.4 Å². The van der Waals surface area contributed by atoms with E-state index >= 15 is 0 Å². The highest BCUT2D eigenvalue weighted by atomic mass is 35.5. The van der Waals surface area contributed by atoms with Gasteiger partial charge < -0.3 is 14.8 Å². The number of nitrogens with one attached hydrogen (secondary N) is 1. The number of esters is 2. The molecule has 1 aromatic carbocycles. The van der Waals surface area contributed by atoms with Crippen molar-refractivity contribution in [2.45, 2.75) is 6.54 Å². The number of nitrogens with zero attached hydrogens (tertiary/aromatic N) is 3. The van der Waals surface area contributed by atoms with Gasteiger partial charge in [0.05, 0.1) is 24.9 Å². The molecule has 0 aliphatic rings. The Labute approximate surface area is 141 Å². The van der Waals surface area contributed by atoms with Crippen LogP contribution >= 0.6 is 11.6 Å². The predicted octanol–water partition coefficient (Wildman–Crippen LogP) is 1.14. The molecule has 0 radical (unpaired) electrons. The van der Waals surface area contributed by atoms with E-state index in [1.807, 2.05) is 0 Å². The van der Waals surface area contributed by atoms with Crippen LogP contribution in [0, 0.1) is 0 Å². The fraction of sp³-hybridized carbons (Fsp3) is 0.214. The van der Waals surface area contributed by atoms with Crippen LogP contribution in [0.25, 0.3) is 0 Å². The summed E-state index contributed by atoms with van der Waals surface area (Å²) in [5.41, 5.74) is -0.217. The standard InChI is InChI=1S/C14H13ClN4O5/c1-23-13(21)11-12(14(22)24-2)19(18-17-11)7-10(20)16-9-6-4-3-5-8(9)15/h3-6H,7H2,1-2H3,(H,16,20). The number of hydrogen-bond donors (Lipinski definition) is 1. The van der Waals surface area contributed by atoms with Gasteiger partial charge in [-0.2, -0.15) is 0 Å². The summed E-state index contributed by atoms with van der Waals surface area (Å²) in [5.74, 6) is -2.26. The average Bonchev–Trinajstić information content (AvgIpc) is 2.99. The van der Waals surface area contributed by atoms with E-state index in [-0.39, 0.29) is 17.9 Å². The van der Waals surface area contributed by atoms with E-state index in [0.29, 0.717) is 10.7 Å². The van der Waals surface area contributed by atoms with Crippen molar-refractivity contribution in [1.29, 1.82) is 0 Å². The lowest BCUT2D eigenvalue weighted by Gasteiger charge is -2.08. The minimum absolute atomic E-state index is 0.279. The number of carbonyl (C=O) groups excluding carboxylic acids is 3. The lowest BCUT2D eigenvalue weighted by Crippen LogP contribution is -2.24. The molecule has 0 saturated heterocycles. The number of anilines is 1. The molecule has 24 heavy (non-hydrogen) atoms. The van der Waals surface area contributed by atoms with Gasteiger partial charge in [0.25, 0.3) is 0 Å². The number of para-hydroxylation sites is 1. The molecule has 0 saturated carbocycles. The Bertz CT molecular complexity index is 789. The van der Waals surface area contributed by atoms with Crippen LogP contribution < -0.4 is 5.32 Å². The number of methoxy groups -OCH3 is 2. The summed E-state index contributed by atoms with van der Waals surface area (Å²) < 4.78 is 10.1. The smallest absolute Gasteiger partial charge is 0.361 e. The van der Waals surface area contributed by atoms with Gasteiger partial charge in [-0.05, 0) is 12.1 Å². The van der Waals surface area contributed by atoms with Gasteiger partial charge >= 0.3 is 11.9 Å². The summed E-state index contributed by atoms with van der Waals surface area (Å²) in [7, 11) is 2.26. The van der Waals surface area contributed by atoms with Crippen molar-refractivity contribution in [3.8, 4) is 0 Å². The summed E-state index contributed by atoms with van der Waals surface area (Å²) in [4.78, 5) is 35.6. The van der Waals surface area contributed by atoms with Crippen LogP contribution in [0.1, 0.15) is 21.0 Å². The number of benzene rings is 1. The van der Waals surface area contributed by atoms with E-state index in [1.165, 1.54) is 0 Å². The molecule has 0 fully saturated rings. The van der Waals surface area contributed by atoms with Crippen LogP contribution in [0.5, 0.6) is 0 Å². The van der Waals surface area contributed by atoms with Crippen molar-refractivity contribution in [3.63, 3.8) is 0 Å². The van der Waals surface area contributed by atoms with Gasteiger partial charge in [-0.25, -0.2) is 14.3 Å². The number of halogens is 1. The van der Waals surface area contributed by atoms with Crippen molar-refractivity contribution >= 4 is 35.1 Å². The van der Waals surface area contributed by atoms with Crippen LogP contribution in [0.2, 0.25) is 5.02 Å². The summed E-state index contributed by atoms with van der Waals surface area (Å²) in [6, 6.07) is 6.64. The Kier molecular flexibility index (Phi) is 5.48. The molecule has 126 valence electrons. The predicted molar refractivity (Wildman–Crippen MR) is 82.8 cm³/mol. The van der Waals surface area contributed by atoms with Crippen LogP contribution in [-0.2, 0) is 20.8 Å². The summed E-state index contributed by atoms with van der Waals surface area (Å²) >= 11 is 5.96. The molecule has 0 bridgehead atoms. The quantitative estimate of drug-likeness (QED) is 0.803. The lowest BCUT2D eigenvalue weighted by molar-refractivity contribution is -0.116. The normalized spacial score (nSPS) is 10.1. The summed E-state index contributed by atoms with van der Waals surface area (Å²) in [6.07, 6.45) is 0. The molecule has 2 rings (SSSR count). The average molecular weight is 353 g/mol. The molecule has 0 aliphatic heterocycles. The SMILES string of the molecule is COC(=O)c1nnn(CC(=O)Nc2ccccc2Cl)c1C(=O)OC. The Morgan fingerprint density at radius 3 is 2.46 bits per heavy atom. The fourth-order valence-electron chi connectivity index (χ4n) is 1.84. The minimum atomic E-state index is -0.869. The number of aromatic nitrogens is 3. The van der Waals surface area contributed by atoms with Gasteiger partial charge in [0, 0.05) is 0 Å². The second-order valence-corrected chi connectivity index (χ2v) is 4.86. The lowest BCUT2D eigenvalue weighted by atomic mass is 10.3. The molecular weight excluding hydrogens is 340 g/mol. The molecule has 2 aromatic rings. The highest BCUT2D eigenvalue weighted by molar-refractivity contribution is 6.33. The Morgan fingerprint density at radius 1 is 1.17 bits per heavy atom. The molecule has 0 unspecified atom stereocenters. The maximum Gasteiger partial charge on any atom is 0.361 e. The minimum Gasteiger partial charge on any atom is -0.464 e. The molecule has 1 heterocycles. The van der Waals surface area contributed by atoms with Gasteiger partial charge in [0.2, 0.25) is 11.6 Å². The maximum absolute atomic E-state index is 12.1. The molecule has 9 nitrogen and oxygen atoms in total. The molecule has 1 aromatic heterocycles. The van der Waals surface area contributed by atoms with Crippen LogP contribution in [-0.4, -0.2) is 47.1 Å². The first-order valence-corrected chi connectivity index (χ1v) is 7.00. The Balaban J connectivity index is 2.24. The van der Waals surface area contributed by atoms with E-state index in [1.54, 1.807) is 24.3 Å². The van der Waals surface area contributed by atoms with Gasteiger partial charge in [-0.3, -0.25) is 4.79 Å². The first-order chi connectivity index (χ1) is 11.5. The number of carbonyl (C=O) groups is 3. The first-order valence-electron chi connectivity index (χ1n) is 6.62. The van der Waals surface area contributed by atoms with Crippen LogP contribution in [0.4, 0.5) is 5.69 Å². The third-order valence-electron chi connectivity index (χ3n) is 2.93. The molecular formula is C14H13ClN4O5. The number of amides is 1. The number of hydrogen-bond acceptors (Lipinski definition) is 7. The number of rotatable bonds is 5. The molecule has 0 spiro atoms. The van der Waals surface area contributed by atoms with Gasteiger partial charge in [0.15, 0.2) is 5.69 Å². The van der Waals surface area contributed by atoms with Crippen molar-refractivity contribution < 1.29 is 23.9 Å². The monoisotopic (exact) mass is 352 g/mol. The molecule has 0 aliphatic carbocycles. The second kappa shape index (κ2) is 7.55. The van der Waals surface area contributed by atoms with Gasteiger partial charge in [0.1, 0.15) is 6.54 Å². The highest BCUT2D eigenvalue weighted by Gasteiger charge is 2.27. The topological polar surface area (TPSA) is 112 Å². The second-order valence-electron chi connectivity index (χ2n) is 4.46. The third kappa shape index (κ3) is 3.69. The highest BCUT2D eigenvalue weighted by Crippen LogP contribution is 2.20. The summed E-state index contributed by atoms with van der Waals surface area (Å²) in [6.45, 7) is -0.375. The maximum atomic E-state index is 12.1. The van der Waals surface area contributed by atoms with Crippen LogP contribution in [0.15, 0.2) is 24.3 Å². The van der Waals surface area contributed by atoms with Crippen molar-refractivity contribution in [2.24, 2.45) is 0 Å². The molecule has 0 atom stereocenters. The zero-order chi connectivity index (χ0) is 17.7. The molecule has 10 heteroatoms. The van der Waals surface area contributed by atoms with Crippen molar-refractivity contribution in [1.82, 2.24) is 15.0 Å². The van der Waals surface area contributed by atoms with Crippen LogP contribution in [0.3, 0.4) is 0 Å². The fourth-order valence-corrected chi connectivity index (χ4v) is 2.03. The van der Waals surface area contributed by atoms with E-state index in [4.69, 9.17) is 11.6 Å². The van der Waals surface area contributed by atoms with E-state index in [2.05, 4.69) is 25.1 Å². The molecule has 1 N–H and O–H groups in total. The van der Waals surface area contributed by atoms with E-state index in [0.717, 1.165) is 18.9 Å². The number of ether oxygens (including phenoxy) is 2. The van der Waals surface area contributed by atoms with Crippen molar-refractivity contribution in [2.75, 3.05) is 19.5 Å². The zero-order valence-corrected chi connectivity index (χ0v) is 13.5. The van der Waals surface area contributed by atoms with Crippen molar-refractivity contribution in [3.05, 3.63) is 40.7 Å². The Morgan fingerprint density at radius 2 is 1.83 bits per heavy atom. The van der Waals surface area contributed by atoms with E-state index < -0.39 is 17.8 Å². The third-order valence-corrected chi connectivity index (χ3v) is 3.26. The van der Waals surface area contributed by atoms with Gasteiger partial charge in [-0.1, -0.05) is 28.9 Å². The summed E-state index contributed by atoms with van der Waals surface area (Å²) in [5, 5.41) is 10.1. The largest absolute Gasteiger partial charge is 0.464 e. The zero-order valence-electron chi connectivity index (χ0n) is 12.8. The van der Waals surface area contributed by atoms with Gasteiger partial charge in [-0.15, -0.1) is 5.10 Å². The first kappa shape index (κ1) is 17.4. The molecule has 1 amide bonds.